The van der Waals surface area contributed by atoms with Gasteiger partial charge in [0.2, 0.25) is 15.9 Å². The number of nitro benzene ring substituents is 1. The minimum Gasteiger partial charge on any atom is -0.324 e. The fourth-order valence-corrected chi connectivity index (χ4v) is 4.74. The van der Waals surface area contributed by atoms with Gasteiger partial charge in [-0.2, -0.15) is 4.31 Å². The molecule has 1 amide bonds. The van der Waals surface area contributed by atoms with Crippen molar-refractivity contribution in [2.24, 2.45) is 0 Å². The van der Waals surface area contributed by atoms with Crippen molar-refractivity contribution in [1.29, 1.82) is 0 Å². The molecule has 3 aromatic rings. The Labute approximate surface area is 200 Å². The van der Waals surface area contributed by atoms with Gasteiger partial charge < -0.3 is 5.32 Å². The standard InChI is InChI=1S/C22H19Cl2N3O5S/c1-15-7-9-17(27(29)30)12-21(15)25-22(28)14-26(13-16-8-10-19(23)20(24)11-16)33(31,32)18-5-3-2-4-6-18/h2-12H,13-14H2,1H3,(H,25,28). The number of aryl methyl sites for hydroxylation is 1. The summed E-state index contributed by atoms with van der Waals surface area (Å²) in [6.07, 6.45) is 0. The number of sulfonamides is 1. The molecule has 0 atom stereocenters. The Morgan fingerprint density at radius 2 is 1.73 bits per heavy atom. The summed E-state index contributed by atoms with van der Waals surface area (Å²) < 4.78 is 27.6. The summed E-state index contributed by atoms with van der Waals surface area (Å²) in [4.78, 5) is 23.3. The van der Waals surface area contributed by atoms with Gasteiger partial charge in [-0.1, -0.05) is 53.5 Å². The summed E-state index contributed by atoms with van der Waals surface area (Å²) in [6, 6.07) is 16.4. The summed E-state index contributed by atoms with van der Waals surface area (Å²) in [5.41, 5.74) is 1.15. The van der Waals surface area contributed by atoms with E-state index in [9.17, 15) is 23.3 Å². The summed E-state index contributed by atoms with van der Waals surface area (Å²) in [5.74, 6) is -0.654. The van der Waals surface area contributed by atoms with E-state index in [0.29, 0.717) is 16.1 Å². The van der Waals surface area contributed by atoms with Crippen molar-refractivity contribution in [1.82, 2.24) is 4.31 Å². The molecular weight excluding hydrogens is 489 g/mol. The average Bonchev–Trinajstić information content (AvgIpc) is 2.77. The lowest BCUT2D eigenvalue weighted by molar-refractivity contribution is -0.384. The zero-order valence-corrected chi connectivity index (χ0v) is 19.7. The molecule has 0 aliphatic heterocycles. The van der Waals surface area contributed by atoms with Crippen molar-refractivity contribution in [3.8, 4) is 0 Å². The van der Waals surface area contributed by atoms with Gasteiger partial charge in [-0.25, -0.2) is 8.42 Å². The van der Waals surface area contributed by atoms with Gasteiger partial charge in [-0.05, 0) is 42.3 Å². The first-order chi connectivity index (χ1) is 15.6. The quantitative estimate of drug-likeness (QED) is 0.339. The molecule has 0 unspecified atom stereocenters. The minimum absolute atomic E-state index is 0.0180. The third-order valence-electron chi connectivity index (χ3n) is 4.75. The molecule has 0 bridgehead atoms. The van der Waals surface area contributed by atoms with Crippen molar-refractivity contribution in [3.63, 3.8) is 0 Å². The zero-order valence-electron chi connectivity index (χ0n) is 17.4. The number of carbonyl (C=O) groups excluding carboxylic acids is 1. The van der Waals surface area contributed by atoms with Crippen LogP contribution in [0.15, 0.2) is 71.6 Å². The van der Waals surface area contributed by atoms with Crippen LogP contribution in [0.4, 0.5) is 11.4 Å². The van der Waals surface area contributed by atoms with Gasteiger partial charge in [0, 0.05) is 18.7 Å². The molecule has 11 heteroatoms. The van der Waals surface area contributed by atoms with Gasteiger partial charge in [0.25, 0.3) is 5.69 Å². The molecule has 0 saturated carbocycles. The fraction of sp³-hybridized carbons (Fsp3) is 0.136. The Morgan fingerprint density at radius 3 is 2.36 bits per heavy atom. The summed E-state index contributed by atoms with van der Waals surface area (Å²) in [5, 5.41) is 14.2. The van der Waals surface area contributed by atoms with E-state index in [1.807, 2.05) is 0 Å². The minimum atomic E-state index is -4.05. The highest BCUT2D eigenvalue weighted by molar-refractivity contribution is 7.89. The number of halogens is 2. The van der Waals surface area contributed by atoms with Crippen LogP contribution in [0, 0.1) is 17.0 Å². The highest BCUT2D eigenvalue weighted by Crippen LogP contribution is 2.26. The second kappa shape index (κ2) is 10.3. The molecule has 172 valence electrons. The lowest BCUT2D eigenvalue weighted by Gasteiger charge is -2.22. The smallest absolute Gasteiger partial charge is 0.271 e. The number of hydrogen-bond acceptors (Lipinski definition) is 5. The van der Waals surface area contributed by atoms with E-state index >= 15 is 0 Å². The molecule has 3 aromatic carbocycles. The predicted molar refractivity (Wildman–Crippen MR) is 127 cm³/mol. The van der Waals surface area contributed by atoms with E-state index in [1.165, 1.54) is 36.4 Å². The second-order valence-corrected chi connectivity index (χ2v) is 9.89. The predicted octanol–water partition coefficient (Wildman–Crippen LogP) is 5.04. The lowest BCUT2D eigenvalue weighted by atomic mass is 10.2. The topological polar surface area (TPSA) is 110 Å². The van der Waals surface area contributed by atoms with Crippen LogP contribution < -0.4 is 5.32 Å². The third-order valence-corrected chi connectivity index (χ3v) is 7.29. The van der Waals surface area contributed by atoms with Gasteiger partial charge in [-0.3, -0.25) is 14.9 Å². The van der Waals surface area contributed by atoms with Gasteiger partial charge in [-0.15, -0.1) is 0 Å². The SMILES string of the molecule is Cc1ccc([N+](=O)[O-])cc1NC(=O)CN(Cc1ccc(Cl)c(Cl)c1)S(=O)(=O)c1ccccc1. The number of nitrogens with one attached hydrogen (secondary N) is 1. The molecule has 0 spiro atoms. The number of nitrogens with zero attached hydrogens (tertiary/aromatic N) is 2. The van der Waals surface area contributed by atoms with Crippen LogP contribution in [-0.4, -0.2) is 30.1 Å². The molecule has 0 aliphatic carbocycles. The Hall–Kier alpha value is -2.98. The van der Waals surface area contributed by atoms with Crippen molar-refractivity contribution in [2.45, 2.75) is 18.4 Å². The van der Waals surface area contributed by atoms with Crippen molar-refractivity contribution in [3.05, 3.63) is 98.0 Å². The molecule has 0 saturated heterocycles. The van der Waals surface area contributed by atoms with Crippen LogP contribution >= 0.6 is 23.2 Å². The Balaban J connectivity index is 1.91. The van der Waals surface area contributed by atoms with Crippen LogP contribution in [0.25, 0.3) is 0 Å². The molecule has 3 rings (SSSR count). The van der Waals surface area contributed by atoms with Crippen LogP contribution in [0.2, 0.25) is 10.0 Å². The highest BCUT2D eigenvalue weighted by Gasteiger charge is 2.27. The first-order valence-corrected chi connectivity index (χ1v) is 11.8. The van der Waals surface area contributed by atoms with E-state index in [2.05, 4.69) is 5.32 Å². The van der Waals surface area contributed by atoms with Crippen LogP contribution in [0.1, 0.15) is 11.1 Å². The highest BCUT2D eigenvalue weighted by atomic mass is 35.5. The van der Waals surface area contributed by atoms with E-state index < -0.39 is 27.4 Å². The monoisotopic (exact) mass is 507 g/mol. The number of benzene rings is 3. The first kappa shape index (κ1) is 24.7. The summed E-state index contributed by atoms with van der Waals surface area (Å²) in [6.45, 7) is 1.00. The van der Waals surface area contributed by atoms with Gasteiger partial charge in [0.1, 0.15) is 0 Å². The number of hydrogen-bond donors (Lipinski definition) is 1. The molecule has 0 radical (unpaired) electrons. The molecule has 0 fully saturated rings. The Bertz CT molecular complexity index is 1300. The Morgan fingerprint density at radius 1 is 1.03 bits per heavy atom. The Kier molecular flexibility index (Phi) is 7.70. The fourth-order valence-electron chi connectivity index (χ4n) is 3.02. The largest absolute Gasteiger partial charge is 0.324 e. The maximum absolute atomic E-state index is 13.3. The number of non-ortho nitro benzene ring substituents is 1. The second-order valence-electron chi connectivity index (χ2n) is 7.14. The van der Waals surface area contributed by atoms with Crippen LogP contribution in [0.5, 0.6) is 0 Å². The van der Waals surface area contributed by atoms with Crippen LogP contribution in [-0.2, 0) is 21.4 Å². The van der Waals surface area contributed by atoms with E-state index in [4.69, 9.17) is 23.2 Å². The average molecular weight is 508 g/mol. The lowest BCUT2D eigenvalue weighted by Crippen LogP contribution is -2.37. The van der Waals surface area contributed by atoms with Crippen molar-refractivity contribution in [2.75, 3.05) is 11.9 Å². The van der Waals surface area contributed by atoms with Gasteiger partial charge >= 0.3 is 0 Å². The number of anilines is 1. The van der Waals surface area contributed by atoms with Gasteiger partial charge in [0.05, 0.1) is 32.1 Å². The van der Waals surface area contributed by atoms with Gasteiger partial charge in [0.15, 0.2) is 0 Å². The van der Waals surface area contributed by atoms with E-state index in [1.54, 1.807) is 37.3 Å². The first-order valence-electron chi connectivity index (χ1n) is 9.62. The molecule has 33 heavy (non-hydrogen) atoms. The summed E-state index contributed by atoms with van der Waals surface area (Å²) in [7, 11) is -4.05. The normalized spacial score (nSPS) is 11.4. The molecule has 0 heterocycles. The van der Waals surface area contributed by atoms with Crippen LogP contribution in [0.3, 0.4) is 0 Å². The summed E-state index contributed by atoms with van der Waals surface area (Å²) >= 11 is 12.0. The molecule has 1 N–H and O–H groups in total. The maximum atomic E-state index is 13.3. The number of nitro groups is 1. The van der Waals surface area contributed by atoms with E-state index in [0.717, 1.165) is 4.31 Å². The molecular formula is C22H19Cl2N3O5S. The zero-order chi connectivity index (χ0) is 24.2. The maximum Gasteiger partial charge on any atom is 0.271 e. The number of rotatable bonds is 8. The van der Waals surface area contributed by atoms with E-state index in [-0.39, 0.29) is 27.8 Å². The number of carbonyl (C=O) groups is 1. The number of amides is 1. The molecule has 8 nitrogen and oxygen atoms in total. The molecule has 0 aromatic heterocycles. The molecule has 0 aliphatic rings. The third kappa shape index (κ3) is 6.08. The van der Waals surface area contributed by atoms with Crippen molar-refractivity contribution >= 4 is 50.5 Å². The van der Waals surface area contributed by atoms with Crippen molar-refractivity contribution < 1.29 is 18.1 Å².